The summed E-state index contributed by atoms with van der Waals surface area (Å²) in [6.45, 7) is 2.65. The fourth-order valence-electron chi connectivity index (χ4n) is 2.81. The van der Waals surface area contributed by atoms with Gasteiger partial charge in [-0.25, -0.2) is 0 Å². The van der Waals surface area contributed by atoms with Crippen LogP contribution in [0.5, 0.6) is 0 Å². The smallest absolute Gasteiger partial charge is 0.781 e. The Morgan fingerprint density at radius 1 is 0.652 bits per heavy atom. The van der Waals surface area contributed by atoms with Crippen molar-refractivity contribution in [1.82, 2.24) is 0 Å². The molecule has 0 N–H and O–H groups in total. The van der Waals surface area contributed by atoms with Crippen LogP contribution < -0.4 is 34.5 Å². The summed E-state index contributed by atoms with van der Waals surface area (Å²) in [6.07, 6.45) is 21.3. The van der Waals surface area contributed by atoms with Crippen molar-refractivity contribution in [3.05, 3.63) is 0 Å². The summed E-state index contributed by atoms with van der Waals surface area (Å²) in [5.41, 5.74) is 0. The zero-order chi connectivity index (χ0) is 16.3. The molecule has 0 aromatic carbocycles. The average molecular weight is 356 g/mol. The molecule has 0 bridgehead atoms. The monoisotopic (exact) mass is 356 g/mol. The second-order valence-electron chi connectivity index (χ2n) is 6.40. The Morgan fingerprint density at radius 2 is 0.957 bits per heavy atom. The van der Waals surface area contributed by atoms with E-state index in [-0.39, 0.29) is 29.6 Å². The molecule has 0 amide bonds. The van der Waals surface area contributed by atoms with Gasteiger partial charge in [-0.2, -0.15) is 0 Å². The van der Waals surface area contributed by atoms with Crippen molar-refractivity contribution in [1.29, 1.82) is 0 Å². The van der Waals surface area contributed by atoms with Crippen LogP contribution in [0.25, 0.3) is 0 Å². The Balaban J connectivity index is 0. The first kappa shape index (κ1) is 26.4. The van der Waals surface area contributed by atoms with E-state index in [2.05, 4.69) is 11.4 Å². The molecule has 3 nitrogen and oxygen atoms in total. The topological polar surface area (TPSA) is 49.4 Å². The second-order valence-corrected chi connectivity index (χ2v) is 7.19. The average Bonchev–Trinajstić information content (AvgIpc) is 2.50. The van der Waals surface area contributed by atoms with Gasteiger partial charge in [-0.3, -0.25) is 0 Å². The van der Waals surface area contributed by atoms with Gasteiger partial charge in [0.15, 0.2) is 0 Å². The van der Waals surface area contributed by atoms with E-state index in [1.165, 1.54) is 89.9 Å². The molecule has 23 heavy (non-hydrogen) atoms. The summed E-state index contributed by atoms with van der Waals surface area (Å²) in [7, 11) is -2.95. The number of hydrogen-bond donors (Lipinski definition) is 0. The van der Waals surface area contributed by atoms with E-state index in [0.717, 1.165) is 12.8 Å². The normalized spacial score (nSPS) is 12.1. The van der Waals surface area contributed by atoms with Crippen LogP contribution in [0.15, 0.2) is 0 Å². The predicted molar refractivity (Wildman–Crippen MR) is 94.5 cm³/mol. The van der Waals surface area contributed by atoms with Crippen molar-refractivity contribution in [3.8, 4) is 0 Å². The van der Waals surface area contributed by atoms with E-state index < -0.39 is 8.25 Å². The molecule has 0 aliphatic rings. The molecule has 134 valence electrons. The quantitative estimate of drug-likeness (QED) is 0.215. The van der Waals surface area contributed by atoms with E-state index in [1.54, 1.807) is 0 Å². The van der Waals surface area contributed by atoms with Gasteiger partial charge >= 0.3 is 29.6 Å². The first-order valence-electron chi connectivity index (χ1n) is 9.61. The van der Waals surface area contributed by atoms with E-state index >= 15 is 0 Å². The molecule has 1 atom stereocenters. The fraction of sp³-hybridized carbons (Fsp3) is 1.00. The van der Waals surface area contributed by atoms with Gasteiger partial charge in [0, 0.05) is 0 Å². The van der Waals surface area contributed by atoms with Crippen molar-refractivity contribution in [2.24, 2.45) is 0 Å². The minimum absolute atomic E-state index is 0. The molecular weight excluding hydrogens is 318 g/mol. The van der Waals surface area contributed by atoms with E-state index in [1.807, 2.05) is 0 Å². The zero-order valence-corrected chi connectivity index (χ0v) is 18.7. The first-order valence-corrected chi connectivity index (χ1v) is 10.8. The standard InChI is InChI=1S/C18H39O3P.Na/c1-2-3-4-5-6-7-8-9-10-11-12-13-14-15-16-17-18-21-22(19)20;/h22H,2-18H2,1H3,(H,19,20);/q;+1/p-1. The second kappa shape index (κ2) is 23.1. The maximum atomic E-state index is 10.2. The molecule has 0 saturated carbocycles. The van der Waals surface area contributed by atoms with E-state index in [9.17, 15) is 9.46 Å². The molecule has 0 saturated heterocycles. The summed E-state index contributed by atoms with van der Waals surface area (Å²) < 4.78 is 14.8. The van der Waals surface area contributed by atoms with Gasteiger partial charge in [0.05, 0.1) is 6.61 Å². The maximum Gasteiger partial charge on any atom is 1.00 e. The van der Waals surface area contributed by atoms with Crippen LogP contribution in [-0.4, -0.2) is 6.61 Å². The molecule has 0 radical (unpaired) electrons. The van der Waals surface area contributed by atoms with Crippen LogP contribution >= 0.6 is 8.25 Å². The predicted octanol–water partition coefficient (Wildman–Crippen LogP) is 3.02. The molecule has 0 fully saturated rings. The van der Waals surface area contributed by atoms with Crippen LogP contribution in [0.2, 0.25) is 0 Å². The molecular formula is C18H38NaO3P. The van der Waals surface area contributed by atoms with Crippen molar-refractivity contribution >= 4 is 8.25 Å². The van der Waals surface area contributed by atoms with Gasteiger partial charge in [-0.1, -0.05) is 103 Å². The third kappa shape index (κ3) is 25.5. The molecule has 0 spiro atoms. The fourth-order valence-corrected chi connectivity index (χ4v) is 3.12. The van der Waals surface area contributed by atoms with Crippen LogP contribution in [0.3, 0.4) is 0 Å². The number of rotatable bonds is 18. The summed E-state index contributed by atoms with van der Waals surface area (Å²) in [6, 6.07) is 0. The van der Waals surface area contributed by atoms with Crippen LogP contribution in [0.4, 0.5) is 0 Å². The Morgan fingerprint density at radius 3 is 1.26 bits per heavy atom. The van der Waals surface area contributed by atoms with Gasteiger partial charge in [-0.05, 0) is 6.42 Å². The largest absolute Gasteiger partial charge is 1.00 e. The third-order valence-corrected chi connectivity index (χ3v) is 4.66. The summed E-state index contributed by atoms with van der Waals surface area (Å²) >= 11 is 0. The van der Waals surface area contributed by atoms with E-state index in [4.69, 9.17) is 0 Å². The molecule has 5 heteroatoms. The van der Waals surface area contributed by atoms with Crippen LogP contribution in [0, 0.1) is 0 Å². The van der Waals surface area contributed by atoms with Gasteiger partial charge in [0.2, 0.25) is 0 Å². The molecule has 0 aliphatic heterocycles. The molecule has 0 aromatic heterocycles. The van der Waals surface area contributed by atoms with Gasteiger partial charge in [-0.15, -0.1) is 0 Å². The third-order valence-electron chi connectivity index (χ3n) is 4.22. The van der Waals surface area contributed by atoms with Crippen molar-refractivity contribution in [2.45, 2.75) is 110 Å². The summed E-state index contributed by atoms with van der Waals surface area (Å²) in [4.78, 5) is 10.2. The molecule has 1 unspecified atom stereocenters. The Kier molecular flexibility index (Phi) is 26.6. The van der Waals surface area contributed by atoms with Crippen molar-refractivity contribution < 1.29 is 43.5 Å². The number of hydrogen-bond acceptors (Lipinski definition) is 3. The Labute approximate surface area is 167 Å². The number of unbranched alkanes of at least 4 members (excludes halogenated alkanes) is 15. The first-order chi connectivity index (χ1) is 10.8. The molecule has 0 rings (SSSR count). The Bertz CT molecular complexity index is 240. The van der Waals surface area contributed by atoms with E-state index in [0.29, 0.717) is 6.61 Å². The Hall–Kier alpha value is 1.15. The molecule has 0 aliphatic carbocycles. The van der Waals surface area contributed by atoms with Crippen molar-refractivity contribution in [2.75, 3.05) is 6.61 Å². The van der Waals surface area contributed by atoms with Crippen LogP contribution in [0.1, 0.15) is 110 Å². The summed E-state index contributed by atoms with van der Waals surface area (Å²) in [5.74, 6) is 0. The van der Waals surface area contributed by atoms with Gasteiger partial charge in [0.1, 0.15) is 8.25 Å². The zero-order valence-electron chi connectivity index (χ0n) is 15.7. The minimum atomic E-state index is -2.95. The summed E-state index contributed by atoms with van der Waals surface area (Å²) in [5, 5.41) is 0. The molecule has 0 heterocycles. The maximum absolute atomic E-state index is 10.2. The minimum Gasteiger partial charge on any atom is -0.781 e. The van der Waals surface area contributed by atoms with Gasteiger partial charge in [0.25, 0.3) is 0 Å². The van der Waals surface area contributed by atoms with Crippen molar-refractivity contribution in [3.63, 3.8) is 0 Å². The SMILES string of the molecule is CCCCCCCCCCCCCCCCCCO[PH](=O)[O-].[Na+]. The molecule has 0 aromatic rings. The van der Waals surface area contributed by atoms with Crippen LogP contribution in [-0.2, 0) is 9.09 Å². The van der Waals surface area contributed by atoms with Gasteiger partial charge < -0.3 is 14.0 Å².